The number of alkyl halides is 2. The summed E-state index contributed by atoms with van der Waals surface area (Å²) < 4.78 is 33.8. The van der Waals surface area contributed by atoms with Gasteiger partial charge >= 0.3 is 5.97 Å². The van der Waals surface area contributed by atoms with Crippen LogP contribution in [0.4, 0.5) is 14.6 Å². The van der Waals surface area contributed by atoms with Crippen LogP contribution >= 0.6 is 11.6 Å². The third-order valence-corrected chi connectivity index (χ3v) is 4.55. The normalized spacial score (nSPS) is 20.8. The van der Waals surface area contributed by atoms with E-state index in [4.69, 9.17) is 16.3 Å². The van der Waals surface area contributed by atoms with Gasteiger partial charge in [-0.05, 0) is 11.6 Å². The number of carbonyl (C=O) groups is 1. The minimum Gasteiger partial charge on any atom is -0.464 e. The van der Waals surface area contributed by atoms with E-state index in [1.54, 1.807) is 24.3 Å². The van der Waals surface area contributed by atoms with Crippen LogP contribution in [0.25, 0.3) is 11.0 Å². The molecule has 0 fully saturated rings. The smallest absolute Gasteiger partial charge is 0.302 e. The van der Waals surface area contributed by atoms with Crippen LogP contribution in [0, 0.1) is 0 Å². The summed E-state index contributed by atoms with van der Waals surface area (Å²) in [4.78, 5) is 24.8. The summed E-state index contributed by atoms with van der Waals surface area (Å²) >= 11 is 6.08. The zero-order valence-electron chi connectivity index (χ0n) is 14.7. The van der Waals surface area contributed by atoms with E-state index in [2.05, 4.69) is 20.1 Å². The van der Waals surface area contributed by atoms with E-state index in [-0.39, 0.29) is 30.1 Å². The SMILES string of the molecule is CC(=O)OCCn1ncc2c(N3C(C(F)F)=NC4C=CC=CC43)nc(Cl)nc21. The number of amidine groups is 1. The van der Waals surface area contributed by atoms with Crippen LogP contribution in [0.2, 0.25) is 5.28 Å². The summed E-state index contributed by atoms with van der Waals surface area (Å²) in [6.45, 7) is 1.63. The molecule has 0 amide bonds. The van der Waals surface area contributed by atoms with Crippen molar-refractivity contribution in [1.29, 1.82) is 0 Å². The topological polar surface area (TPSA) is 85.5 Å². The Kier molecular flexibility index (Phi) is 4.80. The van der Waals surface area contributed by atoms with Gasteiger partial charge in [0, 0.05) is 6.92 Å². The molecule has 2 atom stereocenters. The molecule has 0 spiro atoms. The molecule has 0 saturated heterocycles. The third-order valence-electron chi connectivity index (χ3n) is 4.38. The molecular formula is C17H15ClF2N6O2. The molecule has 0 saturated carbocycles. The lowest BCUT2D eigenvalue weighted by atomic mass is 10.0. The Morgan fingerprint density at radius 3 is 2.86 bits per heavy atom. The van der Waals surface area contributed by atoms with Crippen molar-refractivity contribution in [3.8, 4) is 0 Å². The number of fused-ring (bicyclic) bond motifs is 2. The highest BCUT2D eigenvalue weighted by molar-refractivity contribution is 6.29. The highest BCUT2D eigenvalue weighted by atomic mass is 35.5. The number of allylic oxidation sites excluding steroid dienone is 2. The van der Waals surface area contributed by atoms with Gasteiger partial charge in [0.1, 0.15) is 6.61 Å². The van der Waals surface area contributed by atoms with Gasteiger partial charge in [-0.3, -0.25) is 14.7 Å². The number of ether oxygens (including phenoxy) is 1. The van der Waals surface area contributed by atoms with Gasteiger partial charge < -0.3 is 4.74 Å². The van der Waals surface area contributed by atoms with Gasteiger partial charge in [-0.15, -0.1) is 0 Å². The van der Waals surface area contributed by atoms with Crippen molar-refractivity contribution >= 4 is 40.3 Å². The fourth-order valence-corrected chi connectivity index (χ4v) is 3.42. The number of hydrogen-bond acceptors (Lipinski definition) is 7. The molecule has 2 aromatic rings. The zero-order chi connectivity index (χ0) is 19.8. The standard InChI is InChI=1S/C17H15ClF2N6O2/c1-9(27)28-7-6-25-14-10(8-21-25)15(24-17(18)23-14)26-12-5-3-2-4-11(12)22-16(26)13(19)20/h2-5,8,11-13H,6-7H2,1H3. The molecule has 1 aliphatic heterocycles. The Hall–Kier alpha value is -2.88. The second-order valence-electron chi connectivity index (χ2n) is 6.17. The summed E-state index contributed by atoms with van der Waals surface area (Å²) in [5.74, 6) is -0.585. The fourth-order valence-electron chi connectivity index (χ4n) is 3.26. The molecule has 0 bridgehead atoms. The quantitative estimate of drug-likeness (QED) is 0.558. The molecule has 0 radical (unpaired) electrons. The van der Waals surface area contributed by atoms with Gasteiger partial charge in [-0.25, -0.2) is 13.5 Å². The number of hydrogen-bond donors (Lipinski definition) is 0. The molecule has 1 aliphatic carbocycles. The molecule has 0 N–H and O–H groups in total. The lowest BCUT2D eigenvalue weighted by Crippen LogP contribution is -2.42. The van der Waals surface area contributed by atoms with E-state index >= 15 is 0 Å². The first-order valence-electron chi connectivity index (χ1n) is 8.48. The predicted molar refractivity (Wildman–Crippen MR) is 98.7 cm³/mol. The van der Waals surface area contributed by atoms with Gasteiger partial charge in [0.25, 0.3) is 6.43 Å². The van der Waals surface area contributed by atoms with E-state index in [1.165, 1.54) is 22.7 Å². The molecule has 2 unspecified atom stereocenters. The minimum atomic E-state index is -2.78. The number of halogens is 3. The molecule has 2 aromatic heterocycles. The zero-order valence-corrected chi connectivity index (χ0v) is 15.4. The molecule has 11 heteroatoms. The Labute approximate surface area is 163 Å². The molecule has 8 nitrogen and oxygen atoms in total. The first-order valence-corrected chi connectivity index (χ1v) is 8.86. The summed E-state index contributed by atoms with van der Waals surface area (Å²) in [5.41, 5.74) is 0.356. The monoisotopic (exact) mass is 408 g/mol. The van der Waals surface area contributed by atoms with Crippen LogP contribution in [0.15, 0.2) is 35.5 Å². The maximum absolute atomic E-state index is 13.7. The van der Waals surface area contributed by atoms with Crippen molar-refractivity contribution in [2.45, 2.75) is 32.0 Å². The number of carbonyl (C=O) groups excluding carboxylic acids is 1. The van der Waals surface area contributed by atoms with E-state index in [1.807, 2.05) is 0 Å². The van der Waals surface area contributed by atoms with E-state index in [0.29, 0.717) is 11.0 Å². The number of esters is 1. The van der Waals surface area contributed by atoms with Crippen LogP contribution in [0.5, 0.6) is 0 Å². The fraction of sp³-hybridized carbons (Fsp3) is 0.353. The average Bonchev–Trinajstić information content (AvgIpc) is 3.22. The van der Waals surface area contributed by atoms with Gasteiger partial charge in [-0.2, -0.15) is 15.1 Å². The van der Waals surface area contributed by atoms with Gasteiger partial charge in [-0.1, -0.05) is 24.3 Å². The largest absolute Gasteiger partial charge is 0.464 e. The highest BCUT2D eigenvalue weighted by Crippen LogP contribution is 2.34. The van der Waals surface area contributed by atoms with Crippen molar-refractivity contribution < 1.29 is 18.3 Å². The molecular weight excluding hydrogens is 394 g/mol. The van der Waals surface area contributed by atoms with Crippen molar-refractivity contribution in [2.24, 2.45) is 4.99 Å². The van der Waals surface area contributed by atoms with E-state index in [0.717, 1.165) is 0 Å². The highest BCUT2D eigenvalue weighted by Gasteiger charge is 2.40. The number of aromatic nitrogens is 4. The first kappa shape index (κ1) is 18.5. The van der Waals surface area contributed by atoms with Crippen molar-refractivity contribution in [3.63, 3.8) is 0 Å². The Morgan fingerprint density at radius 1 is 1.32 bits per heavy atom. The lowest BCUT2D eigenvalue weighted by Gasteiger charge is -2.27. The molecule has 28 heavy (non-hydrogen) atoms. The Bertz CT molecular complexity index is 1020. The molecule has 3 heterocycles. The average molecular weight is 409 g/mol. The first-order chi connectivity index (χ1) is 13.5. The van der Waals surface area contributed by atoms with Crippen LogP contribution < -0.4 is 4.90 Å². The number of rotatable bonds is 5. The van der Waals surface area contributed by atoms with Crippen LogP contribution in [0.1, 0.15) is 6.92 Å². The van der Waals surface area contributed by atoms with Gasteiger partial charge in [0.2, 0.25) is 5.28 Å². The van der Waals surface area contributed by atoms with Crippen LogP contribution in [-0.2, 0) is 16.1 Å². The number of nitrogens with zero attached hydrogens (tertiary/aromatic N) is 6. The minimum absolute atomic E-state index is 0.0920. The second-order valence-corrected chi connectivity index (χ2v) is 6.51. The van der Waals surface area contributed by atoms with Crippen molar-refractivity contribution in [1.82, 2.24) is 19.7 Å². The number of aliphatic imine (C=N–C) groups is 1. The van der Waals surface area contributed by atoms with E-state index < -0.39 is 24.5 Å². The summed E-state index contributed by atoms with van der Waals surface area (Å²) in [6, 6.07) is -0.871. The Balaban J connectivity index is 1.77. The van der Waals surface area contributed by atoms with Crippen LogP contribution in [0.3, 0.4) is 0 Å². The summed E-state index contributed by atoms with van der Waals surface area (Å²) in [6.07, 6.45) is 5.79. The molecule has 0 aromatic carbocycles. The van der Waals surface area contributed by atoms with Gasteiger partial charge in [0.05, 0.1) is 30.2 Å². The second kappa shape index (κ2) is 7.27. The van der Waals surface area contributed by atoms with E-state index in [9.17, 15) is 13.6 Å². The lowest BCUT2D eigenvalue weighted by molar-refractivity contribution is -0.141. The Morgan fingerprint density at radius 2 is 2.11 bits per heavy atom. The molecule has 4 rings (SSSR count). The molecule has 146 valence electrons. The maximum Gasteiger partial charge on any atom is 0.302 e. The van der Waals surface area contributed by atoms with Crippen LogP contribution in [-0.4, -0.2) is 56.7 Å². The maximum atomic E-state index is 13.7. The predicted octanol–water partition coefficient (Wildman–Crippen LogP) is 2.39. The summed E-state index contributed by atoms with van der Waals surface area (Å²) in [5, 5.41) is 4.56. The van der Waals surface area contributed by atoms with Crippen molar-refractivity contribution in [3.05, 3.63) is 35.8 Å². The third kappa shape index (κ3) is 3.24. The van der Waals surface area contributed by atoms with Crippen molar-refractivity contribution in [2.75, 3.05) is 11.5 Å². The summed E-state index contributed by atoms with van der Waals surface area (Å²) in [7, 11) is 0. The number of anilines is 1. The molecule has 2 aliphatic rings. The van der Waals surface area contributed by atoms with Gasteiger partial charge in [0.15, 0.2) is 17.3 Å².